The molecule has 0 aromatic carbocycles. The molecule has 0 saturated carbocycles. The third-order valence-corrected chi connectivity index (χ3v) is 1.73. The zero-order valence-corrected chi connectivity index (χ0v) is 12.0. The quantitative estimate of drug-likeness (QED) is 0.519. The smallest absolute Gasteiger partial charge is 0.550 e. The van der Waals surface area contributed by atoms with E-state index in [2.05, 4.69) is 6.92 Å². The Hall–Kier alpha value is 0.392. The van der Waals surface area contributed by atoms with Gasteiger partial charge in [0, 0.05) is 5.97 Å². The summed E-state index contributed by atoms with van der Waals surface area (Å²) in [6.07, 6.45) is 6.96. The first-order valence-corrected chi connectivity index (χ1v) is 4.47. The Kier molecular flexibility index (Phi) is 14.1. The third kappa shape index (κ3) is 13.0. The standard InChI is InChI=1S/C9H18O2.Cd/c1-2-3-4-5-6-7-8-9(10)11;/h2-8H2,1H3,(H,10,11);/q;+2/p-1. The Bertz CT molecular complexity index is 105. The molecule has 0 aliphatic rings. The Morgan fingerprint density at radius 1 is 1.08 bits per heavy atom. The largest absolute Gasteiger partial charge is 2.00 e. The van der Waals surface area contributed by atoms with Crippen LogP contribution in [0.15, 0.2) is 0 Å². The van der Waals surface area contributed by atoms with Crippen LogP contribution >= 0.6 is 0 Å². The van der Waals surface area contributed by atoms with Gasteiger partial charge in [0.2, 0.25) is 0 Å². The van der Waals surface area contributed by atoms with E-state index in [1.165, 1.54) is 25.7 Å². The number of unbranched alkanes of at least 4 members (excludes halogenated alkanes) is 5. The second kappa shape index (κ2) is 11.4. The van der Waals surface area contributed by atoms with Crippen molar-refractivity contribution in [3.63, 3.8) is 0 Å². The van der Waals surface area contributed by atoms with Gasteiger partial charge in [-0.2, -0.15) is 0 Å². The molecular weight excluding hydrogens is 253 g/mol. The van der Waals surface area contributed by atoms with Crippen LogP contribution < -0.4 is 5.11 Å². The Balaban J connectivity index is 0. The van der Waals surface area contributed by atoms with Crippen LogP contribution in [0.2, 0.25) is 0 Å². The summed E-state index contributed by atoms with van der Waals surface area (Å²) in [6.45, 7) is 2.17. The maximum Gasteiger partial charge on any atom is 2.00 e. The molecule has 0 N–H and O–H groups in total. The van der Waals surface area contributed by atoms with Gasteiger partial charge in [-0.3, -0.25) is 0 Å². The SMILES string of the molecule is CCCCCCCCC(=O)[O-].[Cd+2]. The minimum atomic E-state index is -0.916. The van der Waals surface area contributed by atoms with Gasteiger partial charge in [-0.05, 0) is 12.8 Å². The molecule has 12 heavy (non-hydrogen) atoms. The zero-order chi connectivity index (χ0) is 8.53. The Labute approximate surface area is 94.9 Å². The molecule has 0 aromatic rings. The van der Waals surface area contributed by atoms with Crippen molar-refractivity contribution in [1.29, 1.82) is 0 Å². The fourth-order valence-electron chi connectivity index (χ4n) is 1.05. The first kappa shape index (κ1) is 14.9. The van der Waals surface area contributed by atoms with Crippen LogP contribution in [0.25, 0.3) is 0 Å². The van der Waals surface area contributed by atoms with E-state index < -0.39 is 5.97 Å². The number of aliphatic carboxylic acids is 1. The van der Waals surface area contributed by atoms with E-state index in [4.69, 9.17) is 0 Å². The van der Waals surface area contributed by atoms with Gasteiger partial charge < -0.3 is 9.90 Å². The maximum absolute atomic E-state index is 9.98. The predicted octanol–water partition coefficient (Wildman–Crippen LogP) is 1.48. The summed E-state index contributed by atoms with van der Waals surface area (Å²) in [5.41, 5.74) is 0. The molecule has 0 heterocycles. The number of hydrogen-bond acceptors (Lipinski definition) is 2. The van der Waals surface area contributed by atoms with Crippen molar-refractivity contribution in [2.24, 2.45) is 0 Å². The van der Waals surface area contributed by atoms with Gasteiger partial charge in [-0.15, -0.1) is 0 Å². The van der Waals surface area contributed by atoms with Crippen LogP contribution in [-0.2, 0) is 32.1 Å². The number of carbonyl (C=O) groups is 1. The number of carbonyl (C=O) groups excluding carboxylic acids is 1. The first-order chi connectivity index (χ1) is 5.27. The predicted molar refractivity (Wildman–Crippen MR) is 43.0 cm³/mol. The summed E-state index contributed by atoms with van der Waals surface area (Å²) in [6, 6.07) is 0. The molecule has 0 aliphatic heterocycles. The van der Waals surface area contributed by atoms with Crippen molar-refractivity contribution in [1.82, 2.24) is 0 Å². The molecule has 0 bridgehead atoms. The minimum Gasteiger partial charge on any atom is -0.550 e. The van der Waals surface area contributed by atoms with Gasteiger partial charge in [0.1, 0.15) is 0 Å². The molecule has 0 spiro atoms. The fourth-order valence-corrected chi connectivity index (χ4v) is 1.05. The van der Waals surface area contributed by atoms with Crippen LogP contribution in [0.1, 0.15) is 51.9 Å². The van der Waals surface area contributed by atoms with Crippen LogP contribution in [0.3, 0.4) is 0 Å². The average molecular weight is 270 g/mol. The maximum atomic E-state index is 9.98. The molecule has 0 amide bonds. The fraction of sp³-hybridized carbons (Fsp3) is 0.889. The van der Waals surface area contributed by atoms with Crippen molar-refractivity contribution in [3.05, 3.63) is 0 Å². The summed E-state index contributed by atoms with van der Waals surface area (Å²) in [5, 5.41) is 9.98. The van der Waals surface area contributed by atoms with Crippen molar-refractivity contribution < 1.29 is 37.2 Å². The monoisotopic (exact) mass is 271 g/mol. The van der Waals surface area contributed by atoms with E-state index in [0.717, 1.165) is 12.8 Å². The Morgan fingerprint density at radius 2 is 1.58 bits per heavy atom. The molecule has 2 nitrogen and oxygen atoms in total. The van der Waals surface area contributed by atoms with Crippen LogP contribution in [0.4, 0.5) is 0 Å². The summed E-state index contributed by atoms with van der Waals surface area (Å²) < 4.78 is 0. The van der Waals surface area contributed by atoms with Gasteiger partial charge in [-0.25, -0.2) is 0 Å². The van der Waals surface area contributed by atoms with Gasteiger partial charge in [0.25, 0.3) is 0 Å². The van der Waals surface area contributed by atoms with E-state index in [0.29, 0.717) is 0 Å². The van der Waals surface area contributed by atoms with Gasteiger partial charge in [0.05, 0.1) is 0 Å². The molecule has 3 heteroatoms. The molecule has 0 rings (SSSR count). The minimum absolute atomic E-state index is 0. The molecule has 0 aromatic heterocycles. The molecule has 0 unspecified atom stereocenters. The normalized spacial score (nSPS) is 9.08. The van der Waals surface area contributed by atoms with E-state index in [9.17, 15) is 9.90 Å². The molecule has 0 radical (unpaired) electrons. The summed E-state index contributed by atoms with van der Waals surface area (Å²) in [4.78, 5) is 9.98. The van der Waals surface area contributed by atoms with Gasteiger partial charge in [-0.1, -0.05) is 39.0 Å². The van der Waals surface area contributed by atoms with E-state index in [1.807, 2.05) is 0 Å². The summed E-state index contributed by atoms with van der Waals surface area (Å²) in [7, 11) is 0. The van der Waals surface area contributed by atoms with E-state index in [-0.39, 0.29) is 33.7 Å². The second-order valence-corrected chi connectivity index (χ2v) is 2.89. The van der Waals surface area contributed by atoms with Crippen molar-refractivity contribution in [2.75, 3.05) is 0 Å². The molecule has 0 aliphatic carbocycles. The molecule has 66 valence electrons. The Morgan fingerprint density at radius 3 is 2.08 bits per heavy atom. The first-order valence-electron chi connectivity index (χ1n) is 4.47. The van der Waals surface area contributed by atoms with E-state index in [1.54, 1.807) is 0 Å². The molecular formula is C9H17CdO2+. The van der Waals surface area contributed by atoms with Crippen molar-refractivity contribution >= 4 is 5.97 Å². The third-order valence-electron chi connectivity index (χ3n) is 1.73. The second-order valence-electron chi connectivity index (χ2n) is 2.89. The molecule has 0 saturated heterocycles. The van der Waals surface area contributed by atoms with Crippen molar-refractivity contribution in [3.8, 4) is 0 Å². The van der Waals surface area contributed by atoms with Crippen molar-refractivity contribution in [2.45, 2.75) is 51.9 Å². The number of carboxylic acids is 1. The summed E-state index contributed by atoms with van der Waals surface area (Å²) in [5.74, 6) is -0.916. The average Bonchev–Trinajstić information content (AvgIpc) is 1.96. The van der Waals surface area contributed by atoms with Gasteiger partial charge in [0.15, 0.2) is 0 Å². The van der Waals surface area contributed by atoms with Crippen LogP contribution in [0.5, 0.6) is 0 Å². The number of rotatable bonds is 7. The van der Waals surface area contributed by atoms with Crippen LogP contribution in [0, 0.1) is 0 Å². The van der Waals surface area contributed by atoms with E-state index >= 15 is 0 Å². The topological polar surface area (TPSA) is 40.1 Å². The number of carboxylic acid groups (broad SMARTS) is 1. The zero-order valence-electron chi connectivity index (χ0n) is 7.97. The van der Waals surface area contributed by atoms with Gasteiger partial charge >= 0.3 is 27.3 Å². The van der Waals surface area contributed by atoms with Crippen LogP contribution in [-0.4, -0.2) is 5.97 Å². The molecule has 0 atom stereocenters. The molecule has 0 fully saturated rings. The summed E-state index contributed by atoms with van der Waals surface area (Å²) >= 11 is 0. The number of hydrogen-bond donors (Lipinski definition) is 0.